The van der Waals surface area contributed by atoms with Gasteiger partial charge in [0.05, 0.1) is 5.02 Å². The first-order chi connectivity index (χ1) is 7.27. The minimum Gasteiger partial charge on any atom is -0.317 e. The SMILES string of the molecule is Cn1ccnc1N=Nc1ccccc1Cl. The van der Waals surface area contributed by atoms with E-state index in [0.717, 1.165) is 0 Å². The summed E-state index contributed by atoms with van der Waals surface area (Å²) in [6.45, 7) is 0. The molecule has 0 fully saturated rings. The van der Waals surface area contributed by atoms with Crippen molar-refractivity contribution >= 4 is 23.2 Å². The fourth-order valence-corrected chi connectivity index (χ4v) is 1.26. The molecule has 1 aromatic carbocycles. The van der Waals surface area contributed by atoms with E-state index in [-0.39, 0.29) is 0 Å². The van der Waals surface area contributed by atoms with Crippen molar-refractivity contribution in [3.8, 4) is 0 Å². The largest absolute Gasteiger partial charge is 0.317 e. The molecule has 1 heterocycles. The summed E-state index contributed by atoms with van der Waals surface area (Å²) in [4.78, 5) is 4.02. The molecule has 4 nitrogen and oxygen atoms in total. The van der Waals surface area contributed by atoms with Crippen LogP contribution in [0.3, 0.4) is 0 Å². The molecule has 0 bridgehead atoms. The summed E-state index contributed by atoms with van der Waals surface area (Å²) in [7, 11) is 1.86. The standard InChI is InChI=1S/C10H9ClN4/c1-15-7-6-12-10(15)14-13-9-5-3-2-4-8(9)11/h2-7H,1H3. The molecule has 0 aliphatic carbocycles. The Labute approximate surface area is 92.2 Å². The molecule has 0 amide bonds. The van der Waals surface area contributed by atoms with Crippen molar-refractivity contribution in [3.05, 3.63) is 41.7 Å². The van der Waals surface area contributed by atoms with Crippen molar-refractivity contribution in [3.63, 3.8) is 0 Å². The third-order valence-corrected chi connectivity index (χ3v) is 2.21. The fraction of sp³-hybridized carbons (Fsp3) is 0.100. The third kappa shape index (κ3) is 2.22. The summed E-state index contributed by atoms with van der Waals surface area (Å²) in [6, 6.07) is 7.28. The topological polar surface area (TPSA) is 42.5 Å². The highest BCUT2D eigenvalue weighted by Gasteiger charge is 1.98. The van der Waals surface area contributed by atoms with Crippen LogP contribution in [0.25, 0.3) is 0 Å². The Morgan fingerprint density at radius 1 is 1.27 bits per heavy atom. The number of azo groups is 1. The van der Waals surface area contributed by atoms with E-state index in [9.17, 15) is 0 Å². The number of hydrogen-bond acceptors (Lipinski definition) is 3. The highest BCUT2D eigenvalue weighted by molar-refractivity contribution is 6.32. The summed E-state index contributed by atoms with van der Waals surface area (Å²) in [5.41, 5.74) is 0.641. The molecule has 0 saturated carbocycles. The Kier molecular flexibility index (Phi) is 2.78. The van der Waals surface area contributed by atoms with Crippen molar-refractivity contribution < 1.29 is 0 Å². The lowest BCUT2D eigenvalue weighted by atomic mass is 10.3. The molecule has 5 heteroatoms. The third-order valence-electron chi connectivity index (χ3n) is 1.90. The Morgan fingerprint density at radius 3 is 2.73 bits per heavy atom. The van der Waals surface area contributed by atoms with Crippen molar-refractivity contribution in [1.29, 1.82) is 0 Å². The molecule has 2 aromatic rings. The minimum atomic E-state index is 0.551. The molecule has 0 spiro atoms. The number of imidazole rings is 1. The van der Waals surface area contributed by atoms with E-state index < -0.39 is 0 Å². The van der Waals surface area contributed by atoms with Crippen LogP contribution in [-0.2, 0) is 7.05 Å². The Morgan fingerprint density at radius 2 is 2.07 bits per heavy atom. The van der Waals surface area contributed by atoms with Gasteiger partial charge in [0.1, 0.15) is 5.69 Å². The fourth-order valence-electron chi connectivity index (χ4n) is 1.09. The van der Waals surface area contributed by atoms with E-state index in [0.29, 0.717) is 16.7 Å². The lowest BCUT2D eigenvalue weighted by Gasteiger charge is -1.95. The number of aryl methyl sites for hydroxylation is 1. The normalized spacial score (nSPS) is 11.1. The summed E-state index contributed by atoms with van der Waals surface area (Å²) in [5, 5.41) is 8.59. The van der Waals surface area contributed by atoms with Crippen LogP contribution >= 0.6 is 11.6 Å². The monoisotopic (exact) mass is 220 g/mol. The zero-order valence-corrected chi connectivity index (χ0v) is 8.89. The van der Waals surface area contributed by atoms with Gasteiger partial charge < -0.3 is 4.57 Å². The van der Waals surface area contributed by atoms with Crippen LogP contribution in [0.4, 0.5) is 11.6 Å². The maximum absolute atomic E-state index is 5.92. The molecule has 15 heavy (non-hydrogen) atoms. The zero-order valence-electron chi connectivity index (χ0n) is 8.13. The Balaban J connectivity index is 2.26. The molecular weight excluding hydrogens is 212 g/mol. The molecule has 76 valence electrons. The van der Waals surface area contributed by atoms with E-state index in [1.165, 1.54) is 0 Å². The van der Waals surface area contributed by atoms with Gasteiger partial charge in [-0.15, -0.1) is 10.2 Å². The first-order valence-electron chi connectivity index (χ1n) is 4.41. The van der Waals surface area contributed by atoms with Crippen molar-refractivity contribution in [2.75, 3.05) is 0 Å². The van der Waals surface area contributed by atoms with Crippen LogP contribution in [0, 0.1) is 0 Å². The van der Waals surface area contributed by atoms with Crippen LogP contribution in [-0.4, -0.2) is 9.55 Å². The van der Waals surface area contributed by atoms with E-state index in [2.05, 4.69) is 15.2 Å². The van der Waals surface area contributed by atoms with Gasteiger partial charge in [0, 0.05) is 19.4 Å². The summed E-state index contributed by atoms with van der Waals surface area (Å²) < 4.78 is 1.78. The first kappa shape index (κ1) is 9.86. The van der Waals surface area contributed by atoms with Crippen LogP contribution in [0.2, 0.25) is 5.02 Å². The molecule has 0 saturated heterocycles. The molecule has 0 aliphatic rings. The predicted octanol–water partition coefficient (Wildman–Crippen LogP) is 3.49. The highest BCUT2D eigenvalue weighted by atomic mass is 35.5. The maximum Gasteiger partial charge on any atom is 0.249 e. The molecule has 1 aromatic heterocycles. The second-order valence-electron chi connectivity index (χ2n) is 2.99. The number of hydrogen-bond donors (Lipinski definition) is 0. The van der Waals surface area contributed by atoms with E-state index in [1.54, 1.807) is 29.1 Å². The Bertz CT molecular complexity index is 490. The van der Waals surface area contributed by atoms with Gasteiger partial charge in [0.25, 0.3) is 0 Å². The number of nitrogens with zero attached hydrogens (tertiary/aromatic N) is 4. The smallest absolute Gasteiger partial charge is 0.249 e. The first-order valence-corrected chi connectivity index (χ1v) is 4.79. The average Bonchev–Trinajstić information content (AvgIpc) is 2.63. The Hall–Kier alpha value is -1.68. The maximum atomic E-state index is 5.92. The van der Waals surface area contributed by atoms with Crippen molar-refractivity contribution in [2.45, 2.75) is 0 Å². The van der Waals surface area contributed by atoms with Gasteiger partial charge in [-0.3, -0.25) is 0 Å². The number of halogens is 1. The number of rotatable bonds is 2. The minimum absolute atomic E-state index is 0.551. The van der Waals surface area contributed by atoms with E-state index in [1.807, 2.05) is 19.2 Å². The summed E-state index contributed by atoms with van der Waals surface area (Å²) in [6.07, 6.45) is 3.47. The lowest BCUT2D eigenvalue weighted by Crippen LogP contribution is -1.82. The molecule has 0 aliphatic heterocycles. The van der Waals surface area contributed by atoms with Gasteiger partial charge >= 0.3 is 0 Å². The van der Waals surface area contributed by atoms with E-state index >= 15 is 0 Å². The number of benzene rings is 1. The van der Waals surface area contributed by atoms with Gasteiger partial charge in [-0.25, -0.2) is 4.98 Å². The van der Waals surface area contributed by atoms with E-state index in [4.69, 9.17) is 11.6 Å². The predicted molar refractivity (Wildman–Crippen MR) is 58.8 cm³/mol. The summed E-state index contributed by atoms with van der Waals surface area (Å²) in [5.74, 6) is 0.551. The van der Waals surface area contributed by atoms with Crippen molar-refractivity contribution in [1.82, 2.24) is 9.55 Å². The molecule has 2 rings (SSSR count). The quantitative estimate of drug-likeness (QED) is 0.715. The zero-order chi connectivity index (χ0) is 10.7. The second-order valence-corrected chi connectivity index (χ2v) is 3.40. The van der Waals surface area contributed by atoms with Gasteiger partial charge in [-0.1, -0.05) is 23.7 Å². The van der Waals surface area contributed by atoms with Gasteiger partial charge in [-0.2, -0.15) is 0 Å². The van der Waals surface area contributed by atoms with Crippen LogP contribution in [0.1, 0.15) is 0 Å². The second kappa shape index (κ2) is 4.23. The lowest BCUT2D eigenvalue weighted by molar-refractivity contribution is 0.893. The van der Waals surface area contributed by atoms with Crippen LogP contribution < -0.4 is 0 Å². The molecule has 0 unspecified atom stereocenters. The van der Waals surface area contributed by atoms with Gasteiger partial charge in [-0.05, 0) is 12.1 Å². The molecule has 0 atom stereocenters. The van der Waals surface area contributed by atoms with Crippen LogP contribution in [0.15, 0.2) is 46.9 Å². The molecular formula is C10H9ClN4. The number of aromatic nitrogens is 2. The summed E-state index contributed by atoms with van der Waals surface area (Å²) >= 11 is 5.92. The molecule has 0 N–H and O–H groups in total. The van der Waals surface area contributed by atoms with Crippen molar-refractivity contribution in [2.24, 2.45) is 17.3 Å². The van der Waals surface area contributed by atoms with Gasteiger partial charge in [0.15, 0.2) is 0 Å². The average molecular weight is 221 g/mol. The van der Waals surface area contributed by atoms with Crippen LogP contribution in [0.5, 0.6) is 0 Å². The van der Waals surface area contributed by atoms with Gasteiger partial charge in [0.2, 0.25) is 5.95 Å². The molecule has 0 radical (unpaired) electrons. The highest BCUT2D eigenvalue weighted by Crippen LogP contribution is 2.25.